The molecule has 0 spiro atoms. The van der Waals surface area contributed by atoms with Crippen molar-refractivity contribution in [1.82, 2.24) is 14.9 Å². The van der Waals surface area contributed by atoms with E-state index in [1.54, 1.807) is 6.07 Å². The number of para-hydroxylation sites is 3. The third-order valence-electron chi connectivity index (χ3n) is 4.44. The Morgan fingerprint density at radius 3 is 2.55 bits per heavy atom. The quantitative estimate of drug-likeness (QED) is 0.453. The van der Waals surface area contributed by atoms with Crippen LogP contribution in [0.3, 0.4) is 0 Å². The third-order valence-corrected chi connectivity index (χ3v) is 5.31. The van der Waals surface area contributed by atoms with Crippen LogP contribution in [0.2, 0.25) is 0 Å². The minimum absolute atomic E-state index is 0.105. The van der Waals surface area contributed by atoms with Crippen molar-refractivity contribution in [2.75, 3.05) is 11.9 Å². The van der Waals surface area contributed by atoms with Crippen LogP contribution in [-0.4, -0.2) is 27.9 Å². The number of hydrogen-bond donors (Lipinski definition) is 2. The number of amides is 2. The minimum atomic E-state index is -0.136. The van der Waals surface area contributed by atoms with Crippen LogP contribution < -0.4 is 10.6 Å². The molecule has 29 heavy (non-hydrogen) atoms. The van der Waals surface area contributed by atoms with Gasteiger partial charge in [-0.15, -0.1) is 11.3 Å². The topological polar surface area (TPSA) is 76.0 Å². The smallest absolute Gasteiger partial charge is 0.261 e. The molecule has 0 radical (unpaired) electrons. The summed E-state index contributed by atoms with van der Waals surface area (Å²) in [6.45, 7) is 0.444. The first-order chi connectivity index (χ1) is 14.2. The van der Waals surface area contributed by atoms with Crippen LogP contribution in [-0.2, 0) is 4.79 Å². The first-order valence-corrected chi connectivity index (χ1v) is 10.2. The van der Waals surface area contributed by atoms with Gasteiger partial charge in [0.25, 0.3) is 5.91 Å². The Hall–Kier alpha value is -3.45. The number of benzene rings is 2. The van der Waals surface area contributed by atoms with Gasteiger partial charge in [0.1, 0.15) is 0 Å². The van der Waals surface area contributed by atoms with Gasteiger partial charge in [-0.05, 0) is 42.1 Å². The van der Waals surface area contributed by atoms with Gasteiger partial charge < -0.3 is 5.32 Å². The van der Waals surface area contributed by atoms with Crippen LogP contribution in [0.25, 0.3) is 16.7 Å². The summed E-state index contributed by atoms with van der Waals surface area (Å²) in [6, 6.07) is 21.2. The van der Waals surface area contributed by atoms with Gasteiger partial charge in [0.05, 0.1) is 15.9 Å². The second kappa shape index (κ2) is 8.70. The largest absolute Gasteiger partial charge is 0.351 e. The molecule has 146 valence electrons. The van der Waals surface area contributed by atoms with Gasteiger partial charge in [-0.2, -0.15) is 0 Å². The number of anilines is 1. The number of fused-ring (bicyclic) bond motifs is 1. The summed E-state index contributed by atoms with van der Waals surface area (Å²) in [6.07, 6.45) is 0.844. The molecular formula is C22H20N4O2S. The molecule has 0 aliphatic heterocycles. The monoisotopic (exact) mass is 404 g/mol. The molecule has 0 fully saturated rings. The van der Waals surface area contributed by atoms with Crippen molar-refractivity contribution in [3.8, 4) is 5.69 Å². The van der Waals surface area contributed by atoms with E-state index in [0.717, 1.165) is 16.7 Å². The van der Waals surface area contributed by atoms with Crippen molar-refractivity contribution in [1.29, 1.82) is 0 Å². The molecule has 2 amide bonds. The van der Waals surface area contributed by atoms with E-state index >= 15 is 0 Å². The van der Waals surface area contributed by atoms with E-state index in [1.807, 2.05) is 70.6 Å². The second-order valence-corrected chi connectivity index (χ2v) is 7.43. The van der Waals surface area contributed by atoms with E-state index in [2.05, 4.69) is 15.6 Å². The molecule has 7 heteroatoms. The summed E-state index contributed by atoms with van der Waals surface area (Å²) in [5.74, 6) is 0.249. The molecule has 0 atom stereocenters. The van der Waals surface area contributed by atoms with Gasteiger partial charge >= 0.3 is 0 Å². The molecule has 4 rings (SSSR count). The van der Waals surface area contributed by atoms with Crippen molar-refractivity contribution in [3.63, 3.8) is 0 Å². The Morgan fingerprint density at radius 2 is 1.76 bits per heavy atom. The highest BCUT2D eigenvalue weighted by molar-refractivity contribution is 7.12. The van der Waals surface area contributed by atoms with Crippen LogP contribution >= 0.6 is 11.3 Å². The lowest BCUT2D eigenvalue weighted by molar-refractivity contribution is -0.116. The maximum absolute atomic E-state index is 12.5. The molecule has 0 saturated heterocycles. The molecule has 0 bridgehead atoms. The van der Waals surface area contributed by atoms with Gasteiger partial charge in [0.2, 0.25) is 11.9 Å². The van der Waals surface area contributed by atoms with Crippen molar-refractivity contribution in [2.45, 2.75) is 12.8 Å². The van der Waals surface area contributed by atoms with Crippen molar-refractivity contribution >= 4 is 40.1 Å². The highest BCUT2D eigenvalue weighted by Gasteiger charge is 2.14. The fourth-order valence-electron chi connectivity index (χ4n) is 3.08. The highest BCUT2D eigenvalue weighted by atomic mass is 32.1. The lowest BCUT2D eigenvalue weighted by Crippen LogP contribution is -2.25. The first kappa shape index (κ1) is 18.9. The van der Waals surface area contributed by atoms with Crippen LogP contribution in [0.1, 0.15) is 22.5 Å². The van der Waals surface area contributed by atoms with E-state index in [4.69, 9.17) is 0 Å². The second-order valence-electron chi connectivity index (χ2n) is 6.48. The standard InChI is InChI=1S/C22H20N4O2S/c27-20(13-6-14-23-21(28)19-12-7-15-29-19)25-22-24-17-10-4-5-11-18(17)26(22)16-8-2-1-3-9-16/h1-5,7-12,15H,6,13-14H2,(H,23,28)(H,24,25,27). The van der Waals surface area contributed by atoms with Gasteiger partial charge in [0.15, 0.2) is 0 Å². The van der Waals surface area contributed by atoms with E-state index < -0.39 is 0 Å². The average molecular weight is 404 g/mol. The number of rotatable bonds is 7. The average Bonchev–Trinajstić information content (AvgIpc) is 3.39. The lowest BCUT2D eigenvalue weighted by atomic mass is 10.3. The minimum Gasteiger partial charge on any atom is -0.351 e. The van der Waals surface area contributed by atoms with Crippen LogP contribution in [0.5, 0.6) is 0 Å². The Balaban J connectivity index is 1.41. The van der Waals surface area contributed by atoms with Gasteiger partial charge in [0, 0.05) is 18.7 Å². The van der Waals surface area contributed by atoms with Crippen molar-refractivity contribution < 1.29 is 9.59 Å². The third kappa shape index (κ3) is 4.35. The molecule has 2 N–H and O–H groups in total. The maximum atomic E-state index is 12.5. The Morgan fingerprint density at radius 1 is 0.966 bits per heavy atom. The molecule has 4 aromatic rings. The summed E-state index contributed by atoms with van der Waals surface area (Å²) in [5.41, 5.74) is 2.67. The summed E-state index contributed by atoms with van der Waals surface area (Å²) < 4.78 is 1.94. The fraction of sp³-hybridized carbons (Fsp3) is 0.136. The Kier molecular flexibility index (Phi) is 5.67. The van der Waals surface area contributed by atoms with Gasteiger partial charge in [-0.1, -0.05) is 36.4 Å². The van der Waals surface area contributed by atoms with Crippen molar-refractivity contribution in [2.24, 2.45) is 0 Å². The molecule has 2 heterocycles. The molecular weight excluding hydrogens is 384 g/mol. The summed E-state index contributed by atoms with van der Waals surface area (Å²) >= 11 is 1.40. The van der Waals surface area contributed by atoms with Gasteiger partial charge in [-0.25, -0.2) is 4.98 Å². The maximum Gasteiger partial charge on any atom is 0.261 e. The molecule has 2 aromatic carbocycles. The Bertz CT molecular complexity index is 1120. The summed E-state index contributed by atoms with van der Waals surface area (Å²) in [4.78, 5) is 29.7. The number of hydrogen-bond acceptors (Lipinski definition) is 4. The first-order valence-electron chi connectivity index (χ1n) is 9.37. The number of nitrogens with zero attached hydrogens (tertiary/aromatic N) is 2. The van der Waals surface area contributed by atoms with Crippen LogP contribution in [0.4, 0.5) is 5.95 Å². The molecule has 0 saturated carbocycles. The van der Waals surface area contributed by atoms with E-state index in [9.17, 15) is 9.59 Å². The number of carbonyl (C=O) groups is 2. The number of nitrogens with one attached hydrogen (secondary N) is 2. The number of carbonyl (C=O) groups excluding carboxylic acids is 2. The molecule has 0 unspecified atom stereocenters. The normalized spacial score (nSPS) is 10.8. The predicted octanol–water partition coefficient (Wildman–Crippen LogP) is 4.24. The molecule has 0 aliphatic carbocycles. The van der Waals surface area contributed by atoms with Crippen LogP contribution in [0, 0.1) is 0 Å². The highest BCUT2D eigenvalue weighted by Crippen LogP contribution is 2.24. The van der Waals surface area contributed by atoms with E-state index in [0.29, 0.717) is 30.2 Å². The Labute approximate surface area is 172 Å². The molecule has 2 aromatic heterocycles. The zero-order chi connectivity index (χ0) is 20.1. The zero-order valence-electron chi connectivity index (χ0n) is 15.7. The number of thiophene rings is 1. The van der Waals surface area contributed by atoms with E-state index in [-0.39, 0.29) is 11.8 Å². The molecule has 0 aliphatic rings. The van der Waals surface area contributed by atoms with Crippen LogP contribution in [0.15, 0.2) is 72.1 Å². The zero-order valence-corrected chi connectivity index (χ0v) is 16.5. The predicted molar refractivity (Wildman–Crippen MR) is 116 cm³/mol. The summed E-state index contributed by atoms with van der Waals surface area (Å²) in [5, 5.41) is 7.61. The molecule has 6 nitrogen and oxygen atoms in total. The SMILES string of the molecule is O=C(CCCNC(=O)c1cccs1)Nc1nc2ccccc2n1-c1ccccc1. The number of imidazole rings is 1. The lowest BCUT2D eigenvalue weighted by Gasteiger charge is -2.10. The summed E-state index contributed by atoms with van der Waals surface area (Å²) in [7, 11) is 0. The van der Waals surface area contributed by atoms with Gasteiger partial charge in [-0.3, -0.25) is 19.5 Å². The fourth-order valence-corrected chi connectivity index (χ4v) is 3.72. The van der Waals surface area contributed by atoms with E-state index in [1.165, 1.54) is 11.3 Å². The van der Waals surface area contributed by atoms with Crippen molar-refractivity contribution in [3.05, 3.63) is 77.0 Å². The number of aromatic nitrogens is 2.